The molecule has 1 atom stereocenters. The molecule has 40 heavy (non-hydrogen) atoms. The van der Waals surface area contributed by atoms with Gasteiger partial charge in [-0.2, -0.15) is 0 Å². The van der Waals surface area contributed by atoms with Gasteiger partial charge in [-0.05, 0) is 92.1 Å². The van der Waals surface area contributed by atoms with Gasteiger partial charge in [0.05, 0.1) is 0 Å². The molecule has 2 saturated heterocycles. The Kier molecular flexibility index (Phi) is 8.73. The predicted molar refractivity (Wildman–Crippen MR) is 154 cm³/mol. The molecule has 1 spiro atoms. The number of nitrogens with zero attached hydrogens (tertiary/aromatic N) is 2. The van der Waals surface area contributed by atoms with Crippen LogP contribution in [-0.4, -0.2) is 81.8 Å². The van der Waals surface area contributed by atoms with Gasteiger partial charge in [0.15, 0.2) is 0 Å². The summed E-state index contributed by atoms with van der Waals surface area (Å²) in [6.45, 7) is 11.1. The summed E-state index contributed by atoms with van der Waals surface area (Å²) in [6, 6.07) is 12.8. The predicted octanol–water partition coefficient (Wildman–Crippen LogP) is 3.36. The minimum Gasteiger partial charge on any atom is -0.536 e. The van der Waals surface area contributed by atoms with Gasteiger partial charge < -0.3 is 19.4 Å². The average molecular weight is 565 g/mol. The summed E-state index contributed by atoms with van der Waals surface area (Å²) in [5, 5.41) is 4.03. The molecule has 2 aromatic carbocycles. The van der Waals surface area contributed by atoms with Gasteiger partial charge >= 0.3 is 9.04 Å². The van der Waals surface area contributed by atoms with Crippen molar-refractivity contribution < 1.29 is 23.1 Å². The number of nitrogens with one attached hydrogen (secondary N) is 1. The first kappa shape index (κ1) is 28.5. The van der Waals surface area contributed by atoms with Crippen LogP contribution in [0.4, 0.5) is 4.39 Å². The van der Waals surface area contributed by atoms with Crippen molar-refractivity contribution in [2.75, 3.05) is 39.0 Å². The van der Waals surface area contributed by atoms with Crippen molar-refractivity contribution in [2.24, 2.45) is 5.41 Å². The number of hydrogen-bond donors (Lipinski definition) is 1. The summed E-state index contributed by atoms with van der Waals surface area (Å²) >= 11 is 0. The van der Waals surface area contributed by atoms with Crippen LogP contribution in [0.15, 0.2) is 55.1 Å². The fraction of sp³-hybridized carbons (Fsp3) is 0.484. The molecule has 5 rings (SSSR count). The van der Waals surface area contributed by atoms with Gasteiger partial charge in [0.2, 0.25) is 5.91 Å². The fourth-order valence-corrected chi connectivity index (χ4v) is 8.19. The Hall–Kier alpha value is -3.01. The van der Waals surface area contributed by atoms with Gasteiger partial charge in [0.1, 0.15) is 11.6 Å². The van der Waals surface area contributed by atoms with Crippen LogP contribution >= 0.6 is 0 Å². The summed E-state index contributed by atoms with van der Waals surface area (Å²) in [5.74, 6) is 0.290. The minimum absolute atomic E-state index is 0.0482. The van der Waals surface area contributed by atoms with E-state index in [0.29, 0.717) is 48.1 Å². The highest BCUT2D eigenvalue weighted by molar-refractivity contribution is 6.68. The molecule has 9 heteroatoms. The second-order valence-corrected chi connectivity index (χ2v) is 13.5. The van der Waals surface area contributed by atoms with Crippen LogP contribution in [0.25, 0.3) is 0 Å². The van der Waals surface area contributed by atoms with Crippen molar-refractivity contribution in [2.45, 2.75) is 51.6 Å². The van der Waals surface area contributed by atoms with Gasteiger partial charge in [-0.25, -0.2) is 4.39 Å². The first-order valence-electron chi connectivity index (χ1n) is 14.2. The second-order valence-electron chi connectivity index (χ2n) is 11.5. The van der Waals surface area contributed by atoms with Crippen LogP contribution in [0.3, 0.4) is 0 Å². The second kappa shape index (κ2) is 12.2. The Morgan fingerprint density at radius 3 is 2.55 bits per heavy atom. The Morgan fingerprint density at radius 1 is 1.18 bits per heavy atom. The smallest absolute Gasteiger partial charge is 0.331 e. The van der Waals surface area contributed by atoms with E-state index >= 15 is 0 Å². The maximum absolute atomic E-state index is 14.5. The number of hydrogen-bond acceptors (Lipinski definition) is 5. The third kappa shape index (κ3) is 6.48. The molecule has 7 nitrogen and oxygen atoms in total. The molecule has 2 aliphatic heterocycles. The Morgan fingerprint density at radius 2 is 1.90 bits per heavy atom. The lowest BCUT2D eigenvalue weighted by Gasteiger charge is -2.50. The molecular weight excluding hydrogens is 525 g/mol. The summed E-state index contributed by atoms with van der Waals surface area (Å²) < 4.78 is 26.5. The zero-order valence-corrected chi connectivity index (χ0v) is 24.5. The van der Waals surface area contributed by atoms with Crippen LogP contribution in [0, 0.1) is 18.2 Å². The molecule has 1 aliphatic carbocycles. The number of benzene rings is 2. The van der Waals surface area contributed by atoms with Crippen molar-refractivity contribution in [1.29, 1.82) is 0 Å². The van der Waals surface area contributed by atoms with Gasteiger partial charge in [0, 0.05) is 56.7 Å². The Balaban J connectivity index is 1.22. The quantitative estimate of drug-likeness (QED) is 0.393. The number of carbonyl (C=O) groups excluding carboxylic acids is 2. The number of piperazine rings is 1. The summed E-state index contributed by atoms with van der Waals surface area (Å²) in [4.78, 5) is 29.2. The molecule has 2 aromatic rings. The molecule has 3 fully saturated rings. The topological polar surface area (TPSA) is 71.1 Å². The fourth-order valence-electron chi connectivity index (χ4n) is 6.16. The summed E-state index contributed by atoms with van der Waals surface area (Å²) in [7, 11) is -1.69. The maximum atomic E-state index is 14.5. The molecule has 1 saturated carbocycles. The zero-order chi connectivity index (χ0) is 28.3. The Bertz CT molecular complexity index is 1230. The number of aryl methyl sites for hydroxylation is 1. The molecule has 3 aliphatic rings. The SMILES string of the molecule is C=CC(=O)N1CCN(C[Si](Oc2ccc(C(=O)NC3CC4(CCOCC4)C3)cc2)c2ccc(C)c(F)c2)C[C@H]1C. The third-order valence-corrected chi connectivity index (χ3v) is 10.8. The minimum atomic E-state index is -1.69. The molecule has 213 valence electrons. The highest BCUT2D eigenvalue weighted by atomic mass is 28.3. The number of ether oxygens (including phenoxy) is 1. The van der Waals surface area contributed by atoms with E-state index in [1.54, 1.807) is 31.2 Å². The zero-order valence-electron chi connectivity index (χ0n) is 23.5. The number of rotatable bonds is 8. The largest absolute Gasteiger partial charge is 0.536 e. The van der Waals surface area contributed by atoms with E-state index < -0.39 is 9.04 Å². The van der Waals surface area contributed by atoms with E-state index in [0.717, 1.165) is 44.1 Å². The summed E-state index contributed by atoms with van der Waals surface area (Å²) in [6.07, 6.45) is 6.22. The molecule has 2 amide bonds. The lowest BCUT2D eigenvalue weighted by Crippen LogP contribution is -2.57. The van der Waals surface area contributed by atoms with Crippen molar-refractivity contribution in [3.05, 3.63) is 72.1 Å². The van der Waals surface area contributed by atoms with E-state index in [4.69, 9.17) is 9.16 Å². The van der Waals surface area contributed by atoms with E-state index in [-0.39, 0.29) is 29.7 Å². The number of carbonyl (C=O) groups is 2. The maximum Gasteiger partial charge on any atom is 0.331 e. The van der Waals surface area contributed by atoms with E-state index in [9.17, 15) is 14.0 Å². The van der Waals surface area contributed by atoms with Gasteiger partial charge in [-0.15, -0.1) is 0 Å². The van der Waals surface area contributed by atoms with Gasteiger partial charge in [-0.1, -0.05) is 18.7 Å². The molecule has 0 aromatic heterocycles. The number of amides is 2. The lowest BCUT2D eigenvalue weighted by molar-refractivity contribution is -0.130. The Labute approximate surface area is 238 Å². The van der Waals surface area contributed by atoms with Crippen molar-refractivity contribution in [3.8, 4) is 5.75 Å². The van der Waals surface area contributed by atoms with E-state index in [1.165, 1.54) is 6.08 Å². The molecule has 0 bridgehead atoms. The van der Waals surface area contributed by atoms with Crippen LogP contribution in [-0.2, 0) is 9.53 Å². The highest BCUT2D eigenvalue weighted by Crippen LogP contribution is 2.48. The highest BCUT2D eigenvalue weighted by Gasteiger charge is 2.45. The molecule has 1 N–H and O–H groups in total. The average Bonchev–Trinajstić information content (AvgIpc) is 2.94. The normalized spacial score (nSPS) is 21.2. The van der Waals surface area contributed by atoms with Crippen LogP contribution in [0.5, 0.6) is 5.75 Å². The number of halogens is 1. The summed E-state index contributed by atoms with van der Waals surface area (Å²) in [5.41, 5.74) is 1.56. The first-order valence-corrected chi connectivity index (χ1v) is 15.8. The first-order chi connectivity index (χ1) is 19.2. The van der Waals surface area contributed by atoms with Crippen molar-refractivity contribution in [3.63, 3.8) is 0 Å². The van der Waals surface area contributed by atoms with Gasteiger partial charge in [0.25, 0.3) is 5.91 Å². The van der Waals surface area contributed by atoms with Gasteiger partial charge in [-0.3, -0.25) is 14.5 Å². The molecule has 1 radical (unpaired) electrons. The standard InChI is InChI=1S/C31H39FN3O4Si/c1-4-29(36)35-14-13-34(20-23(35)3)21-40(27-10-5-22(2)28(32)17-27)39-26-8-6-24(7-9-26)30(37)33-25-18-31(19-25)11-15-38-16-12-31/h4-10,17,23,25H,1,11-16,18-21H2,2-3H3,(H,33,37)/t23-/m1/s1. The monoisotopic (exact) mass is 564 g/mol. The van der Waals surface area contributed by atoms with Crippen LogP contribution in [0.2, 0.25) is 0 Å². The van der Waals surface area contributed by atoms with Crippen LogP contribution in [0.1, 0.15) is 48.5 Å². The molecule has 2 heterocycles. The van der Waals surface area contributed by atoms with Crippen molar-refractivity contribution >= 4 is 26.0 Å². The van der Waals surface area contributed by atoms with E-state index in [1.807, 2.05) is 30.0 Å². The van der Waals surface area contributed by atoms with E-state index in [2.05, 4.69) is 16.8 Å². The molecule has 0 unspecified atom stereocenters. The van der Waals surface area contributed by atoms with Crippen molar-refractivity contribution in [1.82, 2.24) is 15.1 Å². The third-order valence-electron chi connectivity index (χ3n) is 8.64. The molecular formula is C31H39FN3O4Si. The lowest BCUT2D eigenvalue weighted by atomic mass is 9.61. The van der Waals surface area contributed by atoms with Crippen LogP contribution < -0.4 is 14.9 Å².